The Balaban J connectivity index is 2.03. The number of hydrogen-bond donors (Lipinski definition) is 2. The fourth-order valence-corrected chi connectivity index (χ4v) is 3.05. The van der Waals surface area contributed by atoms with Gasteiger partial charge in [0.05, 0.1) is 0 Å². The van der Waals surface area contributed by atoms with Crippen LogP contribution in [0.1, 0.15) is 45.1 Å². The molecular weight excluding hydrogens is 234 g/mol. The van der Waals surface area contributed by atoms with E-state index >= 15 is 0 Å². The number of nitrogen functional groups attached to an aromatic ring is 1. The molecule has 0 amide bonds. The predicted octanol–water partition coefficient (Wildman–Crippen LogP) is 3.38. The van der Waals surface area contributed by atoms with E-state index in [0.717, 1.165) is 18.7 Å². The Morgan fingerprint density at radius 2 is 1.68 bits per heavy atom. The van der Waals surface area contributed by atoms with Crippen molar-refractivity contribution < 1.29 is 0 Å². The molecule has 3 N–H and O–H groups in total. The van der Waals surface area contributed by atoms with Crippen LogP contribution in [0.3, 0.4) is 0 Å². The molecule has 19 heavy (non-hydrogen) atoms. The summed E-state index contributed by atoms with van der Waals surface area (Å²) in [5.41, 5.74) is 8.11. The zero-order valence-electron chi connectivity index (χ0n) is 12.1. The summed E-state index contributed by atoms with van der Waals surface area (Å²) >= 11 is 0. The average molecular weight is 259 g/mol. The highest BCUT2D eigenvalue weighted by Crippen LogP contribution is 2.39. The molecule has 1 aliphatic rings. The van der Waals surface area contributed by atoms with E-state index in [-0.39, 0.29) is 5.84 Å². The van der Waals surface area contributed by atoms with E-state index in [0.29, 0.717) is 5.41 Å². The molecule has 0 aliphatic carbocycles. The van der Waals surface area contributed by atoms with E-state index in [4.69, 9.17) is 11.1 Å². The van der Waals surface area contributed by atoms with Crippen LogP contribution in [-0.2, 0) is 0 Å². The molecule has 1 heterocycles. The summed E-state index contributed by atoms with van der Waals surface area (Å²) in [7, 11) is 0. The van der Waals surface area contributed by atoms with Crippen LogP contribution in [0, 0.1) is 10.8 Å². The van der Waals surface area contributed by atoms with Gasteiger partial charge in [0, 0.05) is 24.3 Å². The Morgan fingerprint density at radius 3 is 2.11 bits per heavy atom. The van der Waals surface area contributed by atoms with Crippen molar-refractivity contribution in [3.63, 3.8) is 0 Å². The second-order valence-corrected chi connectivity index (χ2v) is 5.65. The minimum atomic E-state index is 0.140. The number of rotatable bonds is 4. The molecule has 0 bridgehead atoms. The molecule has 0 radical (unpaired) electrons. The van der Waals surface area contributed by atoms with Crippen molar-refractivity contribution in [2.45, 2.75) is 39.5 Å². The van der Waals surface area contributed by atoms with Crippen LogP contribution >= 0.6 is 0 Å². The van der Waals surface area contributed by atoms with Crippen molar-refractivity contribution in [1.82, 2.24) is 0 Å². The van der Waals surface area contributed by atoms with Crippen LogP contribution in [0.5, 0.6) is 0 Å². The average Bonchev–Trinajstić information content (AvgIpc) is 2.47. The van der Waals surface area contributed by atoms with Crippen molar-refractivity contribution in [3.8, 4) is 0 Å². The summed E-state index contributed by atoms with van der Waals surface area (Å²) in [5.74, 6) is 0.140. The molecule has 2 rings (SSSR count). The Labute approximate surface area is 116 Å². The van der Waals surface area contributed by atoms with Crippen LogP contribution < -0.4 is 10.6 Å². The van der Waals surface area contributed by atoms with Crippen molar-refractivity contribution in [1.29, 1.82) is 5.41 Å². The van der Waals surface area contributed by atoms with Crippen molar-refractivity contribution in [3.05, 3.63) is 29.8 Å². The molecule has 1 fully saturated rings. The van der Waals surface area contributed by atoms with Gasteiger partial charge in [0.2, 0.25) is 0 Å². The number of piperidine rings is 1. The minimum Gasteiger partial charge on any atom is -0.384 e. The number of nitrogens with zero attached hydrogens (tertiary/aromatic N) is 1. The minimum absolute atomic E-state index is 0.140. The number of nitrogens with two attached hydrogens (primary N) is 1. The number of anilines is 1. The van der Waals surface area contributed by atoms with Gasteiger partial charge >= 0.3 is 0 Å². The maximum absolute atomic E-state index is 7.42. The topological polar surface area (TPSA) is 53.1 Å². The third kappa shape index (κ3) is 2.91. The third-order valence-electron chi connectivity index (χ3n) is 4.87. The molecule has 1 aromatic carbocycles. The quantitative estimate of drug-likeness (QED) is 0.643. The Morgan fingerprint density at radius 1 is 1.16 bits per heavy atom. The van der Waals surface area contributed by atoms with Crippen molar-refractivity contribution in [2.75, 3.05) is 18.0 Å². The maximum Gasteiger partial charge on any atom is 0.122 e. The van der Waals surface area contributed by atoms with E-state index in [1.165, 1.54) is 31.4 Å². The normalized spacial score (nSPS) is 18.3. The molecule has 0 aromatic heterocycles. The van der Waals surface area contributed by atoms with Gasteiger partial charge in [-0.25, -0.2) is 0 Å². The van der Waals surface area contributed by atoms with Gasteiger partial charge in [0.1, 0.15) is 5.84 Å². The molecule has 0 saturated carbocycles. The van der Waals surface area contributed by atoms with E-state index in [1.54, 1.807) is 0 Å². The number of nitrogens with one attached hydrogen (secondary N) is 1. The highest BCUT2D eigenvalue weighted by Gasteiger charge is 2.31. The second kappa shape index (κ2) is 5.64. The fraction of sp³-hybridized carbons (Fsp3) is 0.562. The first-order valence-electron chi connectivity index (χ1n) is 7.29. The van der Waals surface area contributed by atoms with Gasteiger partial charge in [-0.1, -0.05) is 26.7 Å². The standard InChI is InChI=1S/C16H25N3/c1-3-16(4-2)9-11-19(12-10-16)14-7-5-13(6-8-14)15(17)18/h5-8H,3-4,9-12H2,1-2H3,(H3,17,18). The molecule has 1 saturated heterocycles. The summed E-state index contributed by atoms with van der Waals surface area (Å²) in [6, 6.07) is 8.06. The molecule has 0 unspecified atom stereocenters. The number of amidine groups is 1. The molecule has 0 atom stereocenters. The predicted molar refractivity (Wildman–Crippen MR) is 81.9 cm³/mol. The summed E-state index contributed by atoms with van der Waals surface area (Å²) in [6.07, 6.45) is 5.16. The summed E-state index contributed by atoms with van der Waals surface area (Å²) < 4.78 is 0. The SMILES string of the molecule is CCC1(CC)CCN(c2ccc(C(=N)N)cc2)CC1. The van der Waals surface area contributed by atoms with Crippen LogP contribution in [0.2, 0.25) is 0 Å². The van der Waals surface area contributed by atoms with Gasteiger partial charge in [-0.2, -0.15) is 0 Å². The first-order chi connectivity index (χ1) is 9.10. The molecule has 104 valence electrons. The largest absolute Gasteiger partial charge is 0.384 e. The molecule has 3 nitrogen and oxygen atoms in total. The van der Waals surface area contributed by atoms with Crippen LogP contribution in [0.4, 0.5) is 5.69 Å². The summed E-state index contributed by atoms with van der Waals surface area (Å²) in [6.45, 7) is 6.92. The first-order valence-corrected chi connectivity index (χ1v) is 7.29. The smallest absolute Gasteiger partial charge is 0.122 e. The van der Waals surface area contributed by atoms with Crippen molar-refractivity contribution in [2.24, 2.45) is 11.1 Å². The molecule has 1 aliphatic heterocycles. The first kappa shape index (κ1) is 13.9. The zero-order chi connectivity index (χ0) is 13.9. The van der Waals surface area contributed by atoms with E-state index < -0.39 is 0 Å². The highest BCUT2D eigenvalue weighted by molar-refractivity contribution is 5.95. The van der Waals surface area contributed by atoms with Crippen LogP contribution in [0.25, 0.3) is 0 Å². The Hall–Kier alpha value is -1.51. The number of benzene rings is 1. The summed E-state index contributed by atoms with van der Waals surface area (Å²) in [4.78, 5) is 2.45. The monoisotopic (exact) mass is 259 g/mol. The van der Waals surface area contributed by atoms with Gasteiger partial charge in [0.25, 0.3) is 0 Å². The third-order valence-corrected chi connectivity index (χ3v) is 4.87. The van der Waals surface area contributed by atoms with Crippen molar-refractivity contribution >= 4 is 11.5 Å². The van der Waals surface area contributed by atoms with E-state index in [2.05, 4.69) is 30.9 Å². The summed E-state index contributed by atoms with van der Waals surface area (Å²) in [5, 5.41) is 7.42. The number of hydrogen-bond acceptors (Lipinski definition) is 2. The maximum atomic E-state index is 7.42. The Kier molecular flexibility index (Phi) is 4.13. The molecule has 0 spiro atoms. The molecule has 1 aromatic rings. The zero-order valence-corrected chi connectivity index (χ0v) is 12.1. The highest BCUT2D eigenvalue weighted by atomic mass is 15.1. The second-order valence-electron chi connectivity index (χ2n) is 5.65. The van der Waals surface area contributed by atoms with Gasteiger partial charge in [0.15, 0.2) is 0 Å². The van der Waals surface area contributed by atoms with Crippen LogP contribution in [-0.4, -0.2) is 18.9 Å². The van der Waals surface area contributed by atoms with E-state index in [1.807, 2.05) is 12.1 Å². The lowest BCUT2D eigenvalue weighted by molar-refractivity contribution is 0.199. The lowest BCUT2D eigenvalue weighted by Gasteiger charge is -2.42. The lowest BCUT2D eigenvalue weighted by Crippen LogP contribution is -2.39. The molecular formula is C16H25N3. The van der Waals surface area contributed by atoms with E-state index in [9.17, 15) is 0 Å². The Bertz CT molecular complexity index is 422. The molecule has 3 heteroatoms. The van der Waals surface area contributed by atoms with Gasteiger partial charge in [-0.3, -0.25) is 5.41 Å². The van der Waals surface area contributed by atoms with Gasteiger partial charge in [-0.15, -0.1) is 0 Å². The van der Waals surface area contributed by atoms with Gasteiger partial charge < -0.3 is 10.6 Å². The fourth-order valence-electron chi connectivity index (χ4n) is 3.05. The van der Waals surface area contributed by atoms with Gasteiger partial charge in [-0.05, 0) is 42.5 Å². The van der Waals surface area contributed by atoms with Crippen LogP contribution in [0.15, 0.2) is 24.3 Å². The lowest BCUT2D eigenvalue weighted by atomic mass is 9.74.